The SMILES string of the molecule is CSc1ncc(Cl)c(C(=O)N2CCN(C(=O)c3cc(Cl)ccc3F)CC2)n1. The number of hydrogen-bond donors (Lipinski definition) is 0. The van der Waals surface area contributed by atoms with E-state index in [0.717, 1.165) is 6.07 Å². The first-order valence-corrected chi connectivity index (χ1v) is 9.99. The molecule has 1 aromatic carbocycles. The molecule has 2 aromatic rings. The maximum atomic E-state index is 13.9. The molecule has 2 amide bonds. The molecule has 0 unspecified atom stereocenters. The van der Waals surface area contributed by atoms with Crippen molar-refractivity contribution < 1.29 is 14.0 Å². The van der Waals surface area contributed by atoms with Crippen LogP contribution in [0.25, 0.3) is 0 Å². The molecule has 1 saturated heterocycles. The molecule has 10 heteroatoms. The summed E-state index contributed by atoms with van der Waals surface area (Å²) < 4.78 is 13.9. The van der Waals surface area contributed by atoms with Gasteiger partial charge in [0.2, 0.25) is 0 Å². The third-order valence-corrected chi connectivity index (χ3v) is 5.19. The van der Waals surface area contributed by atoms with Gasteiger partial charge in [-0.3, -0.25) is 9.59 Å². The number of halogens is 3. The summed E-state index contributed by atoms with van der Waals surface area (Å²) in [6.45, 7) is 1.13. The smallest absolute Gasteiger partial charge is 0.274 e. The number of thioether (sulfide) groups is 1. The van der Waals surface area contributed by atoms with Crippen LogP contribution in [0.5, 0.6) is 0 Å². The number of carbonyl (C=O) groups excluding carboxylic acids is 2. The molecule has 0 atom stereocenters. The van der Waals surface area contributed by atoms with Crippen molar-refractivity contribution in [3.05, 3.63) is 51.5 Å². The van der Waals surface area contributed by atoms with Gasteiger partial charge in [0, 0.05) is 31.2 Å². The second-order valence-electron chi connectivity index (χ2n) is 5.76. The zero-order valence-corrected chi connectivity index (χ0v) is 16.6. The molecule has 0 spiro atoms. The van der Waals surface area contributed by atoms with E-state index in [2.05, 4.69) is 9.97 Å². The van der Waals surface area contributed by atoms with Gasteiger partial charge in [-0.15, -0.1) is 0 Å². The first kappa shape index (κ1) is 19.9. The van der Waals surface area contributed by atoms with E-state index in [9.17, 15) is 14.0 Å². The Morgan fingerprint density at radius 3 is 2.37 bits per heavy atom. The van der Waals surface area contributed by atoms with Crippen LogP contribution in [0.3, 0.4) is 0 Å². The lowest BCUT2D eigenvalue weighted by atomic mass is 10.1. The van der Waals surface area contributed by atoms with Crippen LogP contribution in [-0.2, 0) is 0 Å². The third-order valence-electron chi connectivity index (χ3n) is 4.12. The number of piperazine rings is 1. The number of hydrogen-bond acceptors (Lipinski definition) is 5. The van der Waals surface area contributed by atoms with Gasteiger partial charge in [-0.25, -0.2) is 14.4 Å². The molecule has 1 aliphatic heterocycles. The Bertz CT molecular complexity index is 891. The third kappa shape index (κ3) is 4.34. The average Bonchev–Trinajstić information content (AvgIpc) is 2.69. The highest BCUT2D eigenvalue weighted by atomic mass is 35.5. The van der Waals surface area contributed by atoms with E-state index in [1.807, 2.05) is 0 Å². The largest absolute Gasteiger partial charge is 0.335 e. The maximum absolute atomic E-state index is 13.9. The van der Waals surface area contributed by atoms with Crippen molar-refractivity contribution in [1.82, 2.24) is 19.8 Å². The van der Waals surface area contributed by atoms with Crippen LogP contribution in [-0.4, -0.2) is 64.0 Å². The van der Waals surface area contributed by atoms with Crippen molar-refractivity contribution in [2.24, 2.45) is 0 Å². The Labute approximate surface area is 169 Å². The number of benzene rings is 1. The van der Waals surface area contributed by atoms with Crippen LogP contribution in [0.1, 0.15) is 20.8 Å². The lowest BCUT2D eigenvalue weighted by molar-refractivity contribution is 0.0529. The number of rotatable bonds is 3. The summed E-state index contributed by atoms with van der Waals surface area (Å²) >= 11 is 13.2. The number of aromatic nitrogens is 2. The molecule has 0 bridgehead atoms. The molecule has 0 radical (unpaired) electrons. The Morgan fingerprint density at radius 1 is 1.11 bits per heavy atom. The van der Waals surface area contributed by atoms with E-state index in [-0.39, 0.29) is 40.3 Å². The van der Waals surface area contributed by atoms with Crippen LogP contribution in [0.4, 0.5) is 4.39 Å². The summed E-state index contributed by atoms with van der Waals surface area (Å²) in [5.74, 6) is -1.40. The average molecular weight is 429 g/mol. The Kier molecular flexibility index (Phi) is 6.18. The second-order valence-corrected chi connectivity index (χ2v) is 7.38. The summed E-state index contributed by atoms with van der Waals surface area (Å²) in [4.78, 5) is 36.5. The van der Waals surface area contributed by atoms with Gasteiger partial charge in [0.25, 0.3) is 11.8 Å². The lowest BCUT2D eigenvalue weighted by Crippen LogP contribution is -2.51. The van der Waals surface area contributed by atoms with Crippen molar-refractivity contribution >= 4 is 46.8 Å². The molecule has 142 valence electrons. The molecule has 2 heterocycles. The van der Waals surface area contributed by atoms with Gasteiger partial charge in [-0.1, -0.05) is 35.0 Å². The monoisotopic (exact) mass is 428 g/mol. The van der Waals surface area contributed by atoms with Gasteiger partial charge in [-0.05, 0) is 24.5 Å². The first-order chi connectivity index (χ1) is 12.9. The minimum atomic E-state index is -0.625. The van der Waals surface area contributed by atoms with Crippen LogP contribution in [0.2, 0.25) is 10.0 Å². The summed E-state index contributed by atoms with van der Waals surface area (Å²) in [5, 5.41) is 0.918. The van der Waals surface area contributed by atoms with E-state index in [0.29, 0.717) is 18.2 Å². The summed E-state index contributed by atoms with van der Waals surface area (Å²) in [6, 6.07) is 3.86. The molecular weight excluding hydrogens is 414 g/mol. The summed E-state index contributed by atoms with van der Waals surface area (Å²) in [6.07, 6.45) is 3.20. The normalized spacial score (nSPS) is 14.4. The van der Waals surface area contributed by atoms with Gasteiger partial charge >= 0.3 is 0 Å². The lowest BCUT2D eigenvalue weighted by Gasteiger charge is -2.34. The van der Waals surface area contributed by atoms with Crippen LogP contribution >= 0.6 is 35.0 Å². The molecule has 0 aliphatic carbocycles. The fourth-order valence-electron chi connectivity index (χ4n) is 2.69. The topological polar surface area (TPSA) is 66.4 Å². The molecule has 1 aliphatic rings. The van der Waals surface area contributed by atoms with E-state index in [1.54, 1.807) is 11.2 Å². The van der Waals surface area contributed by atoms with Crippen molar-refractivity contribution in [3.63, 3.8) is 0 Å². The molecule has 27 heavy (non-hydrogen) atoms. The molecule has 1 fully saturated rings. The summed E-state index contributed by atoms with van der Waals surface area (Å²) in [7, 11) is 0. The fraction of sp³-hybridized carbons (Fsp3) is 0.294. The van der Waals surface area contributed by atoms with E-state index in [4.69, 9.17) is 23.2 Å². The van der Waals surface area contributed by atoms with Crippen molar-refractivity contribution in [3.8, 4) is 0 Å². The van der Waals surface area contributed by atoms with Crippen LogP contribution < -0.4 is 0 Å². The summed E-state index contributed by atoms with van der Waals surface area (Å²) in [5.41, 5.74) is 0.0578. The number of nitrogens with zero attached hydrogens (tertiary/aromatic N) is 4. The first-order valence-electron chi connectivity index (χ1n) is 8.01. The zero-order valence-electron chi connectivity index (χ0n) is 14.3. The van der Waals surface area contributed by atoms with Crippen molar-refractivity contribution in [1.29, 1.82) is 0 Å². The van der Waals surface area contributed by atoms with Gasteiger partial charge in [-0.2, -0.15) is 0 Å². The van der Waals surface area contributed by atoms with E-state index < -0.39 is 11.7 Å². The van der Waals surface area contributed by atoms with Gasteiger partial charge in [0.05, 0.1) is 16.8 Å². The predicted molar refractivity (Wildman–Crippen MR) is 102 cm³/mol. The Balaban J connectivity index is 1.69. The Hall–Kier alpha value is -1.90. The van der Waals surface area contributed by atoms with Gasteiger partial charge < -0.3 is 9.80 Å². The minimum absolute atomic E-state index is 0.0780. The van der Waals surface area contributed by atoms with Gasteiger partial charge in [0.15, 0.2) is 10.9 Å². The standard InChI is InChI=1S/C17H15Cl2FN4O2S/c1-27-17-21-9-12(19)14(22-17)16(26)24-6-4-23(5-7-24)15(25)11-8-10(18)2-3-13(11)20/h2-3,8-9H,4-7H2,1H3. The molecule has 1 aromatic heterocycles. The fourth-order valence-corrected chi connectivity index (χ4v) is 3.38. The number of amides is 2. The van der Waals surface area contributed by atoms with Crippen molar-refractivity contribution in [2.45, 2.75) is 5.16 Å². The van der Waals surface area contributed by atoms with E-state index in [1.165, 1.54) is 35.0 Å². The molecule has 0 saturated carbocycles. The maximum Gasteiger partial charge on any atom is 0.274 e. The highest BCUT2D eigenvalue weighted by Gasteiger charge is 2.28. The van der Waals surface area contributed by atoms with Crippen LogP contribution in [0.15, 0.2) is 29.6 Å². The highest BCUT2D eigenvalue weighted by molar-refractivity contribution is 7.98. The quantitative estimate of drug-likeness (QED) is 0.554. The molecule has 0 N–H and O–H groups in total. The highest BCUT2D eigenvalue weighted by Crippen LogP contribution is 2.21. The molecule has 6 nitrogen and oxygen atoms in total. The predicted octanol–water partition coefficient (Wildman–Crippen LogP) is 3.24. The van der Waals surface area contributed by atoms with Crippen molar-refractivity contribution in [2.75, 3.05) is 32.4 Å². The van der Waals surface area contributed by atoms with E-state index >= 15 is 0 Å². The van der Waals surface area contributed by atoms with Crippen LogP contribution in [0, 0.1) is 5.82 Å². The minimum Gasteiger partial charge on any atom is -0.335 e. The molecular formula is C17H15Cl2FN4O2S. The molecule has 3 rings (SSSR count). The number of carbonyl (C=O) groups is 2. The second kappa shape index (κ2) is 8.41. The Morgan fingerprint density at radius 2 is 1.74 bits per heavy atom. The van der Waals surface area contributed by atoms with Gasteiger partial charge in [0.1, 0.15) is 5.82 Å². The zero-order chi connectivity index (χ0) is 19.6.